The van der Waals surface area contributed by atoms with Crippen molar-refractivity contribution in [1.29, 1.82) is 0 Å². The summed E-state index contributed by atoms with van der Waals surface area (Å²) in [5, 5.41) is 0.442. The summed E-state index contributed by atoms with van der Waals surface area (Å²) >= 11 is 7.65. The molecule has 2 heterocycles. The van der Waals surface area contributed by atoms with Gasteiger partial charge in [-0.05, 0) is 49.2 Å². The normalized spacial score (nSPS) is 14.6. The summed E-state index contributed by atoms with van der Waals surface area (Å²) in [5.74, 6) is 0.974. The maximum absolute atomic E-state index is 14.1. The van der Waals surface area contributed by atoms with E-state index in [2.05, 4.69) is 4.99 Å². The highest BCUT2D eigenvalue weighted by molar-refractivity contribution is 7.07. The first-order valence-electron chi connectivity index (χ1n) is 13.7. The van der Waals surface area contributed by atoms with Gasteiger partial charge in [0.05, 0.1) is 36.6 Å². The molecule has 4 aromatic rings. The number of hydrogen-bond acceptors (Lipinski definition) is 8. The number of carbonyl (C=O) groups excluding carboxylic acids is 1. The number of esters is 1. The van der Waals surface area contributed by atoms with E-state index < -0.39 is 12.0 Å². The number of benzene rings is 3. The average Bonchev–Trinajstić information content (AvgIpc) is 3.32. The molecule has 1 atom stereocenters. The highest BCUT2D eigenvalue weighted by Crippen LogP contribution is 2.37. The number of halogens is 1. The SMILES string of the molecule is CCCOc1ccc(Cl)cc1[C@@H]1C(C(=O)OC)=C(C)N=c2s/c(=C\c3cccc(OCc4ccccc4)c3OC)c(=O)n21. The molecule has 5 rings (SSSR count). The van der Waals surface area contributed by atoms with Gasteiger partial charge in [0.2, 0.25) is 0 Å². The predicted octanol–water partition coefficient (Wildman–Crippen LogP) is 5.44. The molecule has 1 aliphatic rings. The van der Waals surface area contributed by atoms with Crippen LogP contribution in [0.2, 0.25) is 5.02 Å². The third-order valence-electron chi connectivity index (χ3n) is 6.89. The summed E-state index contributed by atoms with van der Waals surface area (Å²) < 4.78 is 24.9. The number of nitrogens with zero attached hydrogens (tertiary/aromatic N) is 2. The van der Waals surface area contributed by atoms with Gasteiger partial charge in [0.15, 0.2) is 16.3 Å². The quantitative estimate of drug-likeness (QED) is 0.220. The van der Waals surface area contributed by atoms with E-state index in [1.54, 1.807) is 38.3 Å². The highest BCUT2D eigenvalue weighted by Gasteiger charge is 2.35. The second-order valence-corrected chi connectivity index (χ2v) is 11.2. The van der Waals surface area contributed by atoms with Crippen LogP contribution >= 0.6 is 22.9 Å². The maximum Gasteiger partial charge on any atom is 0.338 e. The minimum absolute atomic E-state index is 0.235. The Hall–Kier alpha value is -4.34. The van der Waals surface area contributed by atoms with Crippen LogP contribution in [0.3, 0.4) is 0 Å². The Bertz CT molecular complexity index is 1860. The number of hydrogen-bond donors (Lipinski definition) is 0. The van der Waals surface area contributed by atoms with E-state index in [9.17, 15) is 9.59 Å². The lowest BCUT2D eigenvalue weighted by Gasteiger charge is -2.26. The van der Waals surface area contributed by atoms with Crippen LogP contribution in [0.5, 0.6) is 17.2 Å². The summed E-state index contributed by atoms with van der Waals surface area (Å²) in [7, 11) is 2.86. The van der Waals surface area contributed by atoms with E-state index >= 15 is 0 Å². The summed E-state index contributed by atoms with van der Waals surface area (Å²) in [4.78, 5) is 32.3. The molecule has 0 fully saturated rings. The number of carbonyl (C=O) groups is 1. The van der Waals surface area contributed by atoms with Gasteiger partial charge in [0.1, 0.15) is 18.4 Å². The topological polar surface area (TPSA) is 88.4 Å². The van der Waals surface area contributed by atoms with Crippen LogP contribution < -0.4 is 29.1 Å². The van der Waals surface area contributed by atoms with Crippen molar-refractivity contribution in [2.75, 3.05) is 20.8 Å². The van der Waals surface area contributed by atoms with Crippen LogP contribution in [-0.4, -0.2) is 31.4 Å². The van der Waals surface area contributed by atoms with E-state index in [0.29, 0.717) is 61.6 Å². The first-order valence-corrected chi connectivity index (χ1v) is 14.9. The van der Waals surface area contributed by atoms with Gasteiger partial charge in [-0.25, -0.2) is 9.79 Å². The van der Waals surface area contributed by atoms with Crippen molar-refractivity contribution in [1.82, 2.24) is 4.57 Å². The molecule has 1 aromatic heterocycles. The largest absolute Gasteiger partial charge is 0.493 e. The van der Waals surface area contributed by atoms with Crippen LogP contribution in [0.4, 0.5) is 0 Å². The molecule has 0 radical (unpaired) electrons. The molecule has 0 saturated heterocycles. The van der Waals surface area contributed by atoms with Crippen LogP contribution in [0.15, 0.2) is 87.8 Å². The Kier molecular flexibility index (Phi) is 9.33. The smallest absolute Gasteiger partial charge is 0.338 e. The Labute approximate surface area is 258 Å². The van der Waals surface area contributed by atoms with Gasteiger partial charge in [-0.3, -0.25) is 9.36 Å². The number of fused-ring (bicyclic) bond motifs is 1. The third-order valence-corrected chi connectivity index (χ3v) is 8.11. The van der Waals surface area contributed by atoms with Gasteiger partial charge in [-0.2, -0.15) is 0 Å². The molecule has 0 amide bonds. The number of ether oxygens (including phenoxy) is 4. The van der Waals surface area contributed by atoms with Crippen molar-refractivity contribution in [2.45, 2.75) is 32.9 Å². The molecule has 0 saturated carbocycles. The van der Waals surface area contributed by atoms with Gasteiger partial charge in [-0.15, -0.1) is 0 Å². The molecule has 3 aromatic carbocycles. The zero-order chi connectivity index (χ0) is 30.5. The van der Waals surface area contributed by atoms with Crippen LogP contribution in [-0.2, 0) is 16.1 Å². The minimum atomic E-state index is -0.862. The number of para-hydroxylation sites is 1. The van der Waals surface area contributed by atoms with Gasteiger partial charge in [0, 0.05) is 16.1 Å². The zero-order valence-corrected chi connectivity index (χ0v) is 25.8. The lowest BCUT2D eigenvalue weighted by molar-refractivity contribution is -0.136. The fourth-order valence-corrected chi connectivity index (χ4v) is 6.14. The second kappa shape index (κ2) is 13.3. The number of aromatic nitrogens is 1. The third kappa shape index (κ3) is 6.23. The molecular weight excluding hydrogens is 588 g/mol. The Balaban J connectivity index is 1.65. The van der Waals surface area contributed by atoms with Gasteiger partial charge in [0.25, 0.3) is 5.56 Å². The van der Waals surface area contributed by atoms with Crippen molar-refractivity contribution in [2.24, 2.45) is 4.99 Å². The fraction of sp³-hybridized carbons (Fsp3) is 0.242. The number of thiazole rings is 1. The van der Waals surface area contributed by atoms with E-state index in [4.69, 9.17) is 30.5 Å². The zero-order valence-electron chi connectivity index (χ0n) is 24.3. The van der Waals surface area contributed by atoms with Crippen LogP contribution in [0.25, 0.3) is 6.08 Å². The van der Waals surface area contributed by atoms with Crippen molar-refractivity contribution in [3.63, 3.8) is 0 Å². The number of methoxy groups -OCH3 is 2. The molecule has 222 valence electrons. The van der Waals surface area contributed by atoms with Crippen molar-refractivity contribution >= 4 is 35.0 Å². The lowest BCUT2D eigenvalue weighted by atomic mass is 9.95. The summed E-state index contributed by atoms with van der Waals surface area (Å²) in [6.07, 6.45) is 2.53. The van der Waals surface area contributed by atoms with E-state index in [0.717, 1.165) is 12.0 Å². The van der Waals surface area contributed by atoms with Gasteiger partial charge < -0.3 is 18.9 Å². The number of rotatable bonds is 10. The summed E-state index contributed by atoms with van der Waals surface area (Å²) in [6.45, 7) is 4.54. The highest BCUT2D eigenvalue weighted by atomic mass is 35.5. The average molecular weight is 619 g/mol. The first kappa shape index (κ1) is 30.1. The molecule has 10 heteroatoms. The molecule has 0 N–H and O–H groups in total. The molecule has 0 aliphatic carbocycles. The second-order valence-electron chi connectivity index (χ2n) is 9.76. The van der Waals surface area contributed by atoms with Crippen LogP contribution in [0, 0.1) is 0 Å². The van der Waals surface area contributed by atoms with Crippen molar-refractivity contribution in [3.05, 3.63) is 119 Å². The molecule has 8 nitrogen and oxygen atoms in total. The van der Waals surface area contributed by atoms with Crippen molar-refractivity contribution in [3.8, 4) is 17.2 Å². The van der Waals surface area contributed by atoms with Gasteiger partial charge in [-0.1, -0.05) is 72.3 Å². The fourth-order valence-electron chi connectivity index (χ4n) is 4.92. The summed E-state index contributed by atoms with van der Waals surface area (Å²) in [6, 6.07) is 19.7. The Morgan fingerprint density at radius 1 is 1.05 bits per heavy atom. The standard InChI is InChI=1S/C33H31ClN2O6S/c1-5-16-41-25-15-14-23(34)18-24(25)29-28(32(38)40-4)20(2)35-33-36(29)31(37)27(43-33)17-22-12-9-13-26(30(22)39-3)42-19-21-10-7-6-8-11-21/h6-15,17-18,29H,5,16,19H2,1-4H3/b27-17-/t29-/m1/s1. The van der Waals surface area contributed by atoms with E-state index in [1.165, 1.54) is 23.0 Å². The maximum atomic E-state index is 14.1. The Morgan fingerprint density at radius 3 is 2.56 bits per heavy atom. The predicted molar refractivity (Wildman–Crippen MR) is 167 cm³/mol. The molecule has 1 aliphatic heterocycles. The molecular formula is C33H31ClN2O6S. The number of allylic oxidation sites excluding steroid dienone is 1. The minimum Gasteiger partial charge on any atom is -0.493 e. The monoisotopic (exact) mass is 618 g/mol. The van der Waals surface area contributed by atoms with E-state index in [1.807, 2.05) is 55.5 Å². The lowest BCUT2D eigenvalue weighted by Crippen LogP contribution is -2.40. The van der Waals surface area contributed by atoms with E-state index in [-0.39, 0.29) is 11.1 Å². The molecule has 43 heavy (non-hydrogen) atoms. The molecule has 0 unspecified atom stereocenters. The van der Waals surface area contributed by atoms with Crippen LogP contribution in [0.1, 0.15) is 43.0 Å². The Morgan fingerprint density at radius 2 is 1.84 bits per heavy atom. The first-order chi connectivity index (χ1) is 20.9. The molecule has 0 bridgehead atoms. The summed E-state index contributed by atoms with van der Waals surface area (Å²) in [5.41, 5.74) is 2.59. The van der Waals surface area contributed by atoms with Crippen molar-refractivity contribution < 1.29 is 23.7 Å². The van der Waals surface area contributed by atoms with Gasteiger partial charge >= 0.3 is 5.97 Å². The molecule has 0 spiro atoms.